The van der Waals surface area contributed by atoms with E-state index in [1.165, 1.54) is 37.4 Å². The van der Waals surface area contributed by atoms with Gasteiger partial charge in [0, 0.05) is 10.7 Å². The summed E-state index contributed by atoms with van der Waals surface area (Å²) in [7, 11) is -2.86. The lowest BCUT2D eigenvalue weighted by molar-refractivity contribution is -0.114. The molecule has 0 unspecified atom stereocenters. The summed E-state index contributed by atoms with van der Waals surface area (Å²) in [5.41, 5.74) is 1.59. The number of esters is 1. The third-order valence-electron chi connectivity index (χ3n) is 5.06. The van der Waals surface area contributed by atoms with Gasteiger partial charge >= 0.3 is 5.97 Å². The van der Waals surface area contributed by atoms with Crippen LogP contribution in [0.15, 0.2) is 71.6 Å². The number of carbonyl (C=O) groups excluding carboxylic acids is 2. The molecule has 0 fully saturated rings. The number of sulfonamides is 1. The van der Waals surface area contributed by atoms with E-state index in [0.29, 0.717) is 28.6 Å². The Hall–Kier alpha value is -3.56. The highest BCUT2D eigenvalue weighted by molar-refractivity contribution is 7.92. The van der Waals surface area contributed by atoms with Crippen molar-refractivity contribution in [1.82, 2.24) is 0 Å². The monoisotopic (exact) mass is 516 g/mol. The average molecular weight is 517 g/mol. The lowest BCUT2D eigenvalue weighted by Crippen LogP contribution is -2.38. The van der Waals surface area contributed by atoms with E-state index in [1.807, 2.05) is 6.92 Å². The molecule has 0 radical (unpaired) electrons. The zero-order chi connectivity index (χ0) is 25.6. The van der Waals surface area contributed by atoms with E-state index in [2.05, 4.69) is 5.32 Å². The first-order valence-corrected chi connectivity index (χ1v) is 12.5. The largest absolute Gasteiger partial charge is 0.494 e. The van der Waals surface area contributed by atoms with Crippen molar-refractivity contribution >= 4 is 44.9 Å². The van der Waals surface area contributed by atoms with E-state index in [9.17, 15) is 18.0 Å². The molecule has 1 N–H and O–H groups in total. The van der Waals surface area contributed by atoms with Crippen LogP contribution in [0.2, 0.25) is 5.02 Å². The topological polar surface area (TPSA) is 102 Å². The van der Waals surface area contributed by atoms with Gasteiger partial charge in [0.1, 0.15) is 12.3 Å². The predicted octanol–water partition coefficient (Wildman–Crippen LogP) is 4.67. The Morgan fingerprint density at radius 3 is 2.26 bits per heavy atom. The van der Waals surface area contributed by atoms with Crippen LogP contribution in [0.1, 0.15) is 22.8 Å². The molecule has 184 valence electrons. The highest BCUT2D eigenvalue weighted by Crippen LogP contribution is 2.27. The summed E-state index contributed by atoms with van der Waals surface area (Å²) in [6.45, 7) is 3.54. The summed E-state index contributed by atoms with van der Waals surface area (Å²) < 4.78 is 38.2. The molecule has 0 saturated heterocycles. The molecule has 1 amide bonds. The number of anilines is 2. The van der Waals surface area contributed by atoms with Crippen molar-refractivity contribution in [3.63, 3.8) is 0 Å². The molecule has 0 spiro atoms. The molecule has 0 aliphatic carbocycles. The second kappa shape index (κ2) is 11.2. The third-order valence-corrected chi connectivity index (χ3v) is 7.10. The molecule has 0 heterocycles. The molecular formula is C25H25ClN2O6S. The molecule has 0 bridgehead atoms. The Morgan fingerprint density at radius 1 is 1.00 bits per heavy atom. The maximum atomic E-state index is 13.5. The van der Waals surface area contributed by atoms with Crippen molar-refractivity contribution in [2.45, 2.75) is 18.7 Å². The van der Waals surface area contributed by atoms with Crippen LogP contribution in [0.4, 0.5) is 11.4 Å². The van der Waals surface area contributed by atoms with Gasteiger partial charge in [-0.15, -0.1) is 0 Å². The van der Waals surface area contributed by atoms with Gasteiger partial charge in [0.15, 0.2) is 0 Å². The number of hydrogen-bond acceptors (Lipinski definition) is 6. The Morgan fingerprint density at radius 2 is 1.66 bits per heavy atom. The highest BCUT2D eigenvalue weighted by atomic mass is 35.5. The number of hydrogen-bond donors (Lipinski definition) is 1. The Balaban J connectivity index is 1.94. The molecule has 8 nitrogen and oxygen atoms in total. The van der Waals surface area contributed by atoms with Gasteiger partial charge in [0.05, 0.1) is 29.9 Å². The standard InChI is InChI=1S/C25H25ClN2O6S/c1-4-34-21-11-9-20(10-12-21)28(35(31,32)22-13-7-19(26)8-14-22)16-24(29)27-23-15-18(25(30)33-3)6-5-17(23)2/h5-15H,4,16H2,1-3H3,(H,27,29). The average Bonchev–Trinajstić information content (AvgIpc) is 2.84. The van der Waals surface area contributed by atoms with Crippen LogP contribution < -0.4 is 14.4 Å². The number of amides is 1. The van der Waals surface area contributed by atoms with Crippen molar-refractivity contribution in [3.05, 3.63) is 82.9 Å². The van der Waals surface area contributed by atoms with Crippen LogP contribution in [0, 0.1) is 6.92 Å². The van der Waals surface area contributed by atoms with Crippen LogP contribution in [0.5, 0.6) is 5.75 Å². The van der Waals surface area contributed by atoms with Crippen LogP contribution in [-0.4, -0.2) is 40.6 Å². The number of carbonyl (C=O) groups is 2. The number of ether oxygens (including phenoxy) is 2. The van der Waals surface area contributed by atoms with Gasteiger partial charge in [-0.25, -0.2) is 13.2 Å². The summed E-state index contributed by atoms with van der Waals surface area (Å²) in [6, 6.07) is 16.8. The molecule has 3 aromatic rings. The highest BCUT2D eigenvalue weighted by Gasteiger charge is 2.27. The fraction of sp³-hybridized carbons (Fsp3) is 0.200. The van der Waals surface area contributed by atoms with Gasteiger partial charge in [-0.3, -0.25) is 9.10 Å². The quantitative estimate of drug-likeness (QED) is 0.415. The minimum Gasteiger partial charge on any atom is -0.494 e. The first-order valence-electron chi connectivity index (χ1n) is 10.7. The van der Waals surface area contributed by atoms with E-state index in [1.54, 1.807) is 43.3 Å². The summed E-state index contributed by atoms with van der Waals surface area (Å²) in [6.07, 6.45) is 0. The fourth-order valence-electron chi connectivity index (χ4n) is 3.25. The number of methoxy groups -OCH3 is 1. The molecule has 10 heteroatoms. The summed E-state index contributed by atoms with van der Waals surface area (Å²) in [4.78, 5) is 24.9. The molecule has 35 heavy (non-hydrogen) atoms. The lowest BCUT2D eigenvalue weighted by atomic mass is 10.1. The van der Waals surface area contributed by atoms with Crippen LogP contribution in [0.25, 0.3) is 0 Å². The normalized spacial score (nSPS) is 11.0. The number of rotatable bonds is 9. The van der Waals surface area contributed by atoms with Crippen molar-refractivity contribution in [2.75, 3.05) is 29.9 Å². The molecule has 3 aromatic carbocycles. The smallest absolute Gasteiger partial charge is 0.337 e. The number of halogens is 1. The Bertz CT molecular complexity index is 1310. The Kier molecular flexibility index (Phi) is 8.37. The number of nitrogens with zero attached hydrogens (tertiary/aromatic N) is 1. The van der Waals surface area contributed by atoms with E-state index < -0.39 is 28.4 Å². The number of aryl methyl sites for hydroxylation is 1. The fourth-order valence-corrected chi connectivity index (χ4v) is 4.79. The predicted molar refractivity (Wildman–Crippen MR) is 135 cm³/mol. The molecule has 0 aliphatic rings. The maximum Gasteiger partial charge on any atom is 0.337 e. The van der Waals surface area contributed by atoms with Crippen molar-refractivity contribution < 1.29 is 27.5 Å². The van der Waals surface area contributed by atoms with Gasteiger partial charge in [0.2, 0.25) is 5.91 Å². The van der Waals surface area contributed by atoms with Crippen molar-refractivity contribution in [3.8, 4) is 5.75 Å². The molecular weight excluding hydrogens is 492 g/mol. The SMILES string of the molecule is CCOc1ccc(N(CC(=O)Nc2cc(C(=O)OC)ccc2C)S(=O)(=O)c2ccc(Cl)cc2)cc1. The second-order valence-corrected chi connectivity index (χ2v) is 9.76. The van der Waals surface area contributed by atoms with E-state index in [4.69, 9.17) is 21.1 Å². The van der Waals surface area contributed by atoms with E-state index >= 15 is 0 Å². The first kappa shape index (κ1) is 26.1. The second-order valence-electron chi connectivity index (χ2n) is 7.46. The third kappa shape index (κ3) is 6.32. The molecule has 0 saturated carbocycles. The van der Waals surface area contributed by atoms with Gasteiger partial charge in [-0.2, -0.15) is 0 Å². The lowest BCUT2D eigenvalue weighted by Gasteiger charge is -2.24. The summed E-state index contributed by atoms with van der Waals surface area (Å²) in [5.74, 6) is -0.580. The van der Waals surface area contributed by atoms with E-state index in [0.717, 1.165) is 4.31 Å². The molecule has 0 atom stereocenters. The maximum absolute atomic E-state index is 13.5. The first-order chi connectivity index (χ1) is 16.6. The van der Waals surface area contributed by atoms with Gasteiger partial charge in [-0.05, 0) is 80.1 Å². The van der Waals surface area contributed by atoms with Crippen molar-refractivity contribution in [2.24, 2.45) is 0 Å². The molecule has 3 rings (SSSR count). The van der Waals surface area contributed by atoms with Crippen molar-refractivity contribution in [1.29, 1.82) is 0 Å². The number of nitrogens with one attached hydrogen (secondary N) is 1. The zero-order valence-electron chi connectivity index (χ0n) is 19.4. The molecule has 0 aromatic heterocycles. The van der Waals surface area contributed by atoms with Gasteiger partial charge < -0.3 is 14.8 Å². The Labute approximate surface area is 209 Å². The minimum absolute atomic E-state index is 0.0209. The minimum atomic E-state index is -4.12. The van der Waals surface area contributed by atoms with Gasteiger partial charge in [0.25, 0.3) is 10.0 Å². The van der Waals surface area contributed by atoms with Crippen LogP contribution >= 0.6 is 11.6 Å². The van der Waals surface area contributed by atoms with Crippen LogP contribution in [0.3, 0.4) is 0 Å². The summed E-state index contributed by atoms with van der Waals surface area (Å²) in [5, 5.41) is 3.08. The zero-order valence-corrected chi connectivity index (χ0v) is 21.0. The number of benzene rings is 3. The summed E-state index contributed by atoms with van der Waals surface area (Å²) >= 11 is 5.92. The van der Waals surface area contributed by atoms with Gasteiger partial charge in [-0.1, -0.05) is 17.7 Å². The van der Waals surface area contributed by atoms with E-state index in [-0.39, 0.29) is 16.1 Å². The van der Waals surface area contributed by atoms with Crippen LogP contribution in [-0.2, 0) is 19.6 Å². The molecule has 0 aliphatic heterocycles.